The van der Waals surface area contributed by atoms with Gasteiger partial charge in [-0.15, -0.1) is 5.10 Å². The molecule has 2 aromatic carbocycles. The van der Waals surface area contributed by atoms with E-state index in [1.807, 2.05) is 49.1 Å². The van der Waals surface area contributed by atoms with Gasteiger partial charge < -0.3 is 10.2 Å². The molecule has 1 aliphatic rings. The first-order valence-electron chi connectivity index (χ1n) is 11.5. The molecule has 6 rings (SSSR count). The molecule has 0 bridgehead atoms. The number of halogens is 2. The van der Waals surface area contributed by atoms with Crippen LogP contribution < -0.4 is 5.32 Å². The van der Waals surface area contributed by atoms with Gasteiger partial charge in [-0.05, 0) is 42.9 Å². The third-order valence-corrected chi connectivity index (χ3v) is 6.58. The maximum atomic E-state index is 14.0. The van der Waals surface area contributed by atoms with Crippen molar-refractivity contribution < 1.29 is 8.78 Å². The van der Waals surface area contributed by atoms with Gasteiger partial charge in [0.15, 0.2) is 0 Å². The summed E-state index contributed by atoms with van der Waals surface area (Å²) in [6.07, 6.45) is 3.39. The van der Waals surface area contributed by atoms with E-state index in [0.717, 1.165) is 28.7 Å². The van der Waals surface area contributed by atoms with Crippen molar-refractivity contribution >= 4 is 22.8 Å². The van der Waals surface area contributed by atoms with Gasteiger partial charge in [0, 0.05) is 49.9 Å². The van der Waals surface area contributed by atoms with Gasteiger partial charge >= 0.3 is 0 Å². The predicted octanol–water partition coefficient (Wildman–Crippen LogP) is 3.91. The molecule has 182 valence electrons. The molecule has 3 aromatic heterocycles. The van der Waals surface area contributed by atoms with Gasteiger partial charge in [0.2, 0.25) is 5.95 Å². The third kappa shape index (κ3) is 4.07. The van der Waals surface area contributed by atoms with Crippen molar-refractivity contribution in [3.8, 4) is 11.3 Å². The first-order valence-corrected chi connectivity index (χ1v) is 11.5. The van der Waals surface area contributed by atoms with Crippen LogP contribution in [0.25, 0.3) is 22.3 Å². The van der Waals surface area contributed by atoms with Gasteiger partial charge in [0.1, 0.15) is 23.0 Å². The first kappa shape index (κ1) is 22.2. The smallest absolute Gasteiger partial charge is 0.228 e. The first-order chi connectivity index (χ1) is 17.4. The summed E-state index contributed by atoms with van der Waals surface area (Å²) in [6, 6.07) is 13.1. The number of aromatic nitrogens is 7. The number of likely N-dealkylation sites (N-methyl/N-ethyl adjacent to an activating group) is 1. The molecule has 4 heterocycles. The van der Waals surface area contributed by atoms with Crippen LogP contribution in [-0.4, -0.2) is 59.8 Å². The highest BCUT2D eigenvalue weighted by molar-refractivity contribution is 5.81. The highest BCUT2D eigenvalue weighted by Gasteiger charge is 2.35. The molecule has 2 atom stereocenters. The molecule has 5 aromatic rings. The van der Waals surface area contributed by atoms with E-state index >= 15 is 0 Å². The molecule has 11 heteroatoms. The lowest BCUT2D eigenvalue weighted by molar-refractivity contribution is 0.382. The van der Waals surface area contributed by atoms with Crippen molar-refractivity contribution in [2.45, 2.75) is 12.0 Å². The molecule has 1 N–H and O–H groups in total. The second-order valence-corrected chi connectivity index (χ2v) is 9.07. The molecule has 1 saturated heterocycles. The average Bonchev–Trinajstić information content (AvgIpc) is 3.56. The van der Waals surface area contributed by atoms with Crippen LogP contribution in [0.15, 0.2) is 60.9 Å². The van der Waals surface area contributed by atoms with Crippen LogP contribution in [0.5, 0.6) is 0 Å². The number of anilines is 2. The zero-order valence-corrected chi connectivity index (χ0v) is 19.7. The van der Waals surface area contributed by atoms with E-state index in [0.29, 0.717) is 30.1 Å². The molecule has 0 radical (unpaired) electrons. The normalized spacial score (nSPS) is 18.2. The standard InChI is InChI=1S/C25H23F2N9/c1-34-13-19(16-9-17(26)12-18(27)10-16)23(14-34)36-22-4-3-15(11-21(22)32-33-36)20-5-7-28-25(30-20)31-24-6-8-29-35(24)2/h3-12,19,23H,13-14H2,1-2H3,(H,28,30,31)/t19-,23-/m0/s1. The monoisotopic (exact) mass is 487 g/mol. The van der Waals surface area contributed by atoms with Crippen LogP contribution in [0, 0.1) is 11.6 Å². The third-order valence-electron chi connectivity index (χ3n) is 6.58. The lowest BCUT2D eigenvalue weighted by atomic mass is 9.94. The van der Waals surface area contributed by atoms with Crippen molar-refractivity contribution in [3.63, 3.8) is 0 Å². The summed E-state index contributed by atoms with van der Waals surface area (Å²) in [6.45, 7) is 1.36. The van der Waals surface area contributed by atoms with E-state index in [1.165, 1.54) is 12.1 Å². The lowest BCUT2D eigenvalue weighted by Gasteiger charge is -2.20. The Kier molecular flexibility index (Phi) is 5.41. The van der Waals surface area contributed by atoms with Crippen LogP contribution in [0.2, 0.25) is 0 Å². The van der Waals surface area contributed by atoms with Gasteiger partial charge in [-0.25, -0.2) is 23.4 Å². The molecule has 0 spiro atoms. The quantitative estimate of drug-likeness (QED) is 0.402. The van der Waals surface area contributed by atoms with Crippen molar-refractivity contribution in [3.05, 3.63) is 78.1 Å². The second-order valence-electron chi connectivity index (χ2n) is 9.07. The molecule has 0 unspecified atom stereocenters. The summed E-state index contributed by atoms with van der Waals surface area (Å²) in [4.78, 5) is 11.1. The number of fused-ring (bicyclic) bond motifs is 1. The number of rotatable bonds is 5. The van der Waals surface area contributed by atoms with Crippen LogP contribution >= 0.6 is 0 Å². The lowest BCUT2D eigenvalue weighted by Crippen LogP contribution is -2.19. The Morgan fingerprint density at radius 1 is 0.944 bits per heavy atom. The van der Waals surface area contributed by atoms with Crippen LogP contribution in [0.4, 0.5) is 20.5 Å². The number of nitrogens with one attached hydrogen (secondary N) is 1. The fourth-order valence-electron chi connectivity index (χ4n) is 4.88. The second kappa shape index (κ2) is 8.76. The minimum atomic E-state index is -0.575. The maximum Gasteiger partial charge on any atom is 0.228 e. The molecule has 1 fully saturated rings. The van der Waals surface area contributed by atoms with E-state index in [9.17, 15) is 8.78 Å². The highest BCUT2D eigenvalue weighted by atomic mass is 19.1. The molecule has 1 aliphatic heterocycles. The zero-order valence-electron chi connectivity index (χ0n) is 19.7. The summed E-state index contributed by atoms with van der Waals surface area (Å²) in [5.41, 5.74) is 3.79. The number of hydrogen-bond acceptors (Lipinski definition) is 7. The Bertz CT molecular complexity index is 1540. The number of aryl methyl sites for hydroxylation is 1. The average molecular weight is 488 g/mol. The Morgan fingerprint density at radius 2 is 1.78 bits per heavy atom. The van der Waals surface area contributed by atoms with E-state index in [2.05, 4.69) is 35.6 Å². The maximum absolute atomic E-state index is 14.0. The highest BCUT2D eigenvalue weighted by Crippen LogP contribution is 2.37. The summed E-state index contributed by atoms with van der Waals surface area (Å²) < 4.78 is 31.5. The Labute approximate surface area is 205 Å². The van der Waals surface area contributed by atoms with Crippen molar-refractivity contribution in [2.75, 3.05) is 25.5 Å². The summed E-state index contributed by atoms with van der Waals surface area (Å²) >= 11 is 0. The zero-order chi connectivity index (χ0) is 24.8. The molecule has 0 saturated carbocycles. The van der Waals surface area contributed by atoms with E-state index in [-0.39, 0.29) is 12.0 Å². The van der Waals surface area contributed by atoms with Gasteiger partial charge in [-0.3, -0.25) is 4.68 Å². The number of nitrogens with zero attached hydrogens (tertiary/aromatic N) is 8. The predicted molar refractivity (Wildman–Crippen MR) is 131 cm³/mol. The SMILES string of the molecule is CN1C[C@@H](c2cc(F)cc(F)c2)[C@@H](n2nnc3cc(-c4ccnc(Nc5ccnn5C)n4)ccc32)C1. The molecule has 0 aliphatic carbocycles. The van der Waals surface area contributed by atoms with Crippen LogP contribution in [0.3, 0.4) is 0 Å². The summed E-state index contributed by atoms with van der Waals surface area (Å²) in [5, 5.41) is 16.2. The van der Waals surface area contributed by atoms with Crippen molar-refractivity contribution in [1.82, 2.24) is 39.6 Å². The summed E-state index contributed by atoms with van der Waals surface area (Å²) in [5.74, 6) is -0.0342. The Morgan fingerprint density at radius 3 is 2.56 bits per heavy atom. The van der Waals surface area contributed by atoms with Crippen molar-refractivity contribution in [1.29, 1.82) is 0 Å². The van der Waals surface area contributed by atoms with E-state index < -0.39 is 11.6 Å². The van der Waals surface area contributed by atoms with Gasteiger partial charge in [0.25, 0.3) is 0 Å². The van der Waals surface area contributed by atoms with E-state index in [1.54, 1.807) is 17.1 Å². The van der Waals surface area contributed by atoms with Gasteiger partial charge in [-0.1, -0.05) is 11.3 Å². The topological polar surface area (TPSA) is 89.6 Å². The van der Waals surface area contributed by atoms with Crippen LogP contribution in [-0.2, 0) is 7.05 Å². The number of benzene rings is 2. The number of hydrogen-bond donors (Lipinski definition) is 1. The molecular formula is C25H23F2N9. The molecular weight excluding hydrogens is 464 g/mol. The largest absolute Gasteiger partial charge is 0.309 e. The molecule has 9 nitrogen and oxygen atoms in total. The fourth-order valence-corrected chi connectivity index (χ4v) is 4.88. The minimum Gasteiger partial charge on any atom is -0.309 e. The van der Waals surface area contributed by atoms with Gasteiger partial charge in [0.05, 0.1) is 23.4 Å². The molecule has 36 heavy (non-hydrogen) atoms. The Hall–Kier alpha value is -4.25. The van der Waals surface area contributed by atoms with Crippen molar-refractivity contribution in [2.24, 2.45) is 7.05 Å². The van der Waals surface area contributed by atoms with Gasteiger partial charge in [-0.2, -0.15) is 5.10 Å². The molecule has 0 amide bonds. The number of likely N-dealkylation sites (tertiary alicyclic amines) is 1. The Balaban J connectivity index is 1.32. The fraction of sp³-hybridized carbons (Fsp3) is 0.240. The minimum absolute atomic E-state index is 0.110. The van der Waals surface area contributed by atoms with E-state index in [4.69, 9.17) is 0 Å². The van der Waals surface area contributed by atoms with Crippen LogP contribution in [0.1, 0.15) is 17.5 Å². The summed E-state index contributed by atoms with van der Waals surface area (Å²) in [7, 11) is 3.83.